The summed E-state index contributed by atoms with van der Waals surface area (Å²) in [6.07, 6.45) is 2.70. The monoisotopic (exact) mass is 262 g/mol. The molecule has 0 heterocycles. The first kappa shape index (κ1) is 14.4. The second-order valence-corrected chi connectivity index (χ2v) is 5.61. The van der Waals surface area contributed by atoms with Gasteiger partial charge < -0.3 is 15.4 Å². The average molecular weight is 262 g/mol. The second-order valence-electron chi connectivity index (χ2n) is 5.61. The summed E-state index contributed by atoms with van der Waals surface area (Å²) in [6, 6.07) is 9.12. The van der Waals surface area contributed by atoms with Crippen LogP contribution in [-0.4, -0.2) is 26.3 Å². The van der Waals surface area contributed by atoms with Crippen LogP contribution in [0.4, 0.5) is 5.69 Å². The summed E-state index contributed by atoms with van der Waals surface area (Å²) >= 11 is 0. The highest BCUT2D eigenvalue weighted by atomic mass is 16.5. The number of hydrogen-bond acceptors (Lipinski definition) is 3. The van der Waals surface area contributed by atoms with Gasteiger partial charge in [0.05, 0.1) is 6.61 Å². The van der Waals surface area contributed by atoms with Crippen LogP contribution < -0.4 is 10.6 Å². The molecule has 0 saturated heterocycles. The molecule has 1 aromatic carbocycles. The Hall–Kier alpha value is -1.06. The van der Waals surface area contributed by atoms with Crippen LogP contribution in [0.5, 0.6) is 0 Å². The smallest absolute Gasteiger partial charge is 0.0637 e. The quantitative estimate of drug-likeness (QED) is 0.821. The third-order valence-corrected chi connectivity index (χ3v) is 4.07. The molecule has 19 heavy (non-hydrogen) atoms. The van der Waals surface area contributed by atoms with Gasteiger partial charge in [0.1, 0.15) is 0 Å². The van der Waals surface area contributed by atoms with Crippen LogP contribution in [0, 0.1) is 5.92 Å². The third-order valence-electron chi connectivity index (χ3n) is 4.07. The van der Waals surface area contributed by atoms with Gasteiger partial charge in [-0.2, -0.15) is 0 Å². The van der Waals surface area contributed by atoms with Crippen molar-refractivity contribution in [3.05, 3.63) is 29.8 Å². The predicted octanol–water partition coefficient (Wildman–Crippen LogP) is 2.96. The SMILES string of the molecule is COCCN(c1ccccc1[C@H](C)N)C(C)C1CC1. The summed E-state index contributed by atoms with van der Waals surface area (Å²) in [5, 5.41) is 0. The minimum atomic E-state index is 0.0626. The van der Waals surface area contributed by atoms with Gasteiger partial charge in [-0.25, -0.2) is 0 Å². The van der Waals surface area contributed by atoms with Crippen molar-refractivity contribution in [2.24, 2.45) is 11.7 Å². The minimum Gasteiger partial charge on any atom is -0.383 e. The van der Waals surface area contributed by atoms with Gasteiger partial charge in [0, 0.05) is 31.4 Å². The van der Waals surface area contributed by atoms with E-state index in [0.29, 0.717) is 6.04 Å². The van der Waals surface area contributed by atoms with Crippen molar-refractivity contribution in [1.29, 1.82) is 0 Å². The van der Waals surface area contributed by atoms with Crippen molar-refractivity contribution in [1.82, 2.24) is 0 Å². The summed E-state index contributed by atoms with van der Waals surface area (Å²) in [6.45, 7) is 6.06. The molecule has 0 bridgehead atoms. The Morgan fingerprint density at radius 2 is 2.00 bits per heavy atom. The molecule has 1 unspecified atom stereocenters. The summed E-state index contributed by atoms with van der Waals surface area (Å²) in [7, 11) is 1.76. The lowest BCUT2D eigenvalue weighted by atomic mass is 10.0. The summed E-state index contributed by atoms with van der Waals surface area (Å²) in [4.78, 5) is 2.47. The Labute approximate surface area is 116 Å². The molecule has 1 aliphatic rings. The molecule has 3 heteroatoms. The summed E-state index contributed by atoms with van der Waals surface area (Å²) < 4.78 is 5.27. The van der Waals surface area contributed by atoms with Crippen LogP contribution in [0.25, 0.3) is 0 Å². The fraction of sp³-hybridized carbons (Fsp3) is 0.625. The number of methoxy groups -OCH3 is 1. The number of ether oxygens (including phenoxy) is 1. The molecule has 0 spiro atoms. The van der Waals surface area contributed by atoms with E-state index in [1.165, 1.54) is 24.1 Å². The van der Waals surface area contributed by atoms with E-state index >= 15 is 0 Å². The van der Waals surface area contributed by atoms with Crippen molar-refractivity contribution in [2.45, 2.75) is 38.8 Å². The van der Waals surface area contributed by atoms with Gasteiger partial charge in [-0.05, 0) is 44.2 Å². The highest BCUT2D eigenvalue weighted by Gasteiger charge is 2.32. The number of benzene rings is 1. The van der Waals surface area contributed by atoms with Crippen molar-refractivity contribution in [2.75, 3.05) is 25.2 Å². The van der Waals surface area contributed by atoms with E-state index in [-0.39, 0.29) is 6.04 Å². The number of hydrogen-bond donors (Lipinski definition) is 1. The predicted molar refractivity (Wildman–Crippen MR) is 80.5 cm³/mol. The fourth-order valence-corrected chi connectivity index (χ4v) is 2.70. The van der Waals surface area contributed by atoms with Crippen molar-refractivity contribution >= 4 is 5.69 Å². The van der Waals surface area contributed by atoms with E-state index in [9.17, 15) is 0 Å². The average Bonchev–Trinajstić information content (AvgIpc) is 3.23. The van der Waals surface area contributed by atoms with E-state index in [2.05, 4.69) is 43.0 Å². The van der Waals surface area contributed by atoms with Gasteiger partial charge in [0.25, 0.3) is 0 Å². The molecule has 2 atom stereocenters. The van der Waals surface area contributed by atoms with E-state index in [4.69, 9.17) is 10.5 Å². The highest BCUT2D eigenvalue weighted by molar-refractivity contribution is 5.55. The van der Waals surface area contributed by atoms with Crippen LogP contribution in [0.1, 0.15) is 38.3 Å². The third kappa shape index (κ3) is 3.48. The van der Waals surface area contributed by atoms with Crippen molar-refractivity contribution in [3.63, 3.8) is 0 Å². The van der Waals surface area contributed by atoms with Crippen LogP contribution in [0.15, 0.2) is 24.3 Å². The second kappa shape index (κ2) is 6.40. The standard InChI is InChI=1S/C16H26N2O/c1-12(17)15-6-4-5-7-16(15)18(10-11-19-3)13(2)14-8-9-14/h4-7,12-14H,8-11,17H2,1-3H3/t12-,13?/m0/s1. The van der Waals surface area contributed by atoms with Gasteiger partial charge in [0.2, 0.25) is 0 Å². The lowest BCUT2D eigenvalue weighted by molar-refractivity contribution is 0.202. The summed E-state index contributed by atoms with van der Waals surface area (Å²) in [5.41, 5.74) is 8.61. The molecule has 3 nitrogen and oxygen atoms in total. The maximum absolute atomic E-state index is 6.11. The van der Waals surface area contributed by atoms with Crippen LogP contribution in [0.2, 0.25) is 0 Å². The van der Waals surface area contributed by atoms with Crippen molar-refractivity contribution < 1.29 is 4.74 Å². The van der Waals surface area contributed by atoms with Crippen LogP contribution >= 0.6 is 0 Å². The Morgan fingerprint density at radius 1 is 1.32 bits per heavy atom. The van der Waals surface area contributed by atoms with Crippen LogP contribution in [-0.2, 0) is 4.74 Å². The number of nitrogens with two attached hydrogens (primary N) is 1. The Kier molecular flexibility index (Phi) is 4.83. The number of rotatable bonds is 7. The zero-order chi connectivity index (χ0) is 13.8. The van der Waals surface area contributed by atoms with Gasteiger partial charge in [0.15, 0.2) is 0 Å². The molecule has 0 aliphatic heterocycles. The molecule has 0 amide bonds. The Balaban J connectivity index is 2.25. The molecular weight excluding hydrogens is 236 g/mol. The highest BCUT2D eigenvalue weighted by Crippen LogP contribution is 2.38. The minimum absolute atomic E-state index is 0.0626. The van der Waals surface area contributed by atoms with Gasteiger partial charge in [-0.1, -0.05) is 18.2 Å². The molecular formula is C16H26N2O. The molecule has 0 radical (unpaired) electrons. The first-order chi connectivity index (χ1) is 9.15. The largest absolute Gasteiger partial charge is 0.383 e. The zero-order valence-corrected chi connectivity index (χ0v) is 12.3. The topological polar surface area (TPSA) is 38.5 Å². The molecule has 1 aromatic rings. The summed E-state index contributed by atoms with van der Waals surface area (Å²) in [5.74, 6) is 0.831. The lowest BCUT2D eigenvalue weighted by Crippen LogP contribution is -2.38. The van der Waals surface area contributed by atoms with Gasteiger partial charge in [-0.3, -0.25) is 0 Å². The van der Waals surface area contributed by atoms with Gasteiger partial charge >= 0.3 is 0 Å². The van der Waals surface area contributed by atoms with E-state index < -0.39 is 0 Å². The zero-order valence-electron chi connectivity index (χ0n) is 12.3. The Morgan fingerprint density at radius 3 is 2.58 bits per heavy atom. The molecule has 2 N–H and O–H groups in total. The molecule has 0 aromatic heterocycles. The van der Waals surface area contributed by atoms with Gasteiger partial charge in [-0.15, -0.1) is 0 Å². The first-order valence-corrected chi connectivity index (χ1v) is 7.25. The lowest BCUT2D eigenvalue weighted by Gasteiger charge is -2.33. The number of anilines is 1. The normalized spacial score (nSPS) is 18.1. The molecule has 2 rings (SSSR count). The molecule has 1 aliphatic carbocycles. The van der Waals surface area contributed by atoms with E-state index in [0.717, 1.165) is 19.1 Å². The number of para-hydroxylation sites is 1. The molecule has 106 valence electrons. The maximum Gasteiger partial charge on any atom is 0.0637 e. The van der Waals surface area contributed by atoms with E-state index in [1.54, 1.807) is 7.11 Å². The molecule has 1 saturated carbocycles. The Bertz CT molecular complexity index is 401. The molecule has 1 fully saturated rings. The fourth-order valence-electron chi connectivity index (χ4n) is 2.70. The maximum atomic E-state index is 6.11. The van der Waals surface area contributed by atoms with Crippen LogP contribution in [0.3, 0.4) is 0 Å². The van der Waals surface area contributed by atoms with Crippen molar-refractivity contribution in [3.8, 4) is 0 Å². The van der Waals surface area contributed by atoms with E-state index in [1.807, 2.05) is 0 Å². The number of nitrogens with zero attached hydrogens (tertiary/aromatic N) is 1. The first-order valence-electron chi connectivity index (χ1n) is 7.25.